The zero-order chi connectivity index (χ0) is 15.9. The van der Waals surface area contributed by atoms with Crippen molar-refractivity contribution in [3.05, 3.63) is 12.2 Å². The smallest absolute Gasteiger partial charge is 0.338 e. The van der Waals surface area contributed by atoms with Crippen LogP contribution in [0.4, 0.5) is 0 Å². The Hall–Kier alpha value is -2.83. The Morgan fingerprint density at radius 3 is 1.77 bits per heavy atom. The molecule has 0 heterocycles. The molecule has 0 aromatic rings. The van der Waals surface area contributed by atoms with Gasteiger partial charge in [-0.3, -0.25) is 9.59 Å². The van der Waals surface area contributed by atoms with Crippen molar-refractivity contribution in [3.8, 4) is 0 Å². The average molecular weight is 324 g/mol. The Morgan fingerprint density at radius 1 is 0.909 bits per heavy atom. The maximum atomic E-state index is 11.2. The Balaban J connectivity index is -0.00000180. The molecule has 0 rings (SSSR count). The summed E-state index contributed by atoms with van der Waals surface area (Å²) in [6, 6.07) is 0. The van der Waals surface area contributed by atoms with Crippen molar-refractivity contribution in [3.63, 3.8) is 0 Å². The highest BCUT2D eigenvalue weighted by atomic mass is 16.6. The predicted octanol–water partition coefficient (Wildman–Crippen LogP) is -1.30. The van der Waals surface area contributed by atoms with Gasteiger partial charge in [0.05, 0.1) is 12.8 Å². The normalized spacial score (nSPS) is 12.2. The van der Waals surface area contributed by atoms with Crippen LogP contribution in [0, 0.1) is 0 Å². The Morgan fingerprint density at radius 2 is 1.41 bits per heavy atom. The lowest BCUT2D eigenvalue weighted by Crippen LogP contribution is -2.43. The summed E-state index contributed by atoms with van der Waals surface area (Å²) in [5, 5.41) is 34.7. The zero-order valence-electron chi connectivity index (χ0n) is 11.2. The van der Waals surface area contributed by atoms with Gasteiger partial charge in [0.15, 0.2) is 5.60 Å². The van der Waals surface area contributed by atoms with Crippen LogP contribution in [0.3, 0.4) is 0 Å². The number of hydrogen-bond donors (Lipinski definition) is 6. The maximum absolute atomic E-state index is 11.2. The summed E-state index contributed by atoms with van der Waals surface area (Å²) >= 11 is 0. The van der Waals surface area contributed by atoms with Crippen molar-refractivity contribution in [2.45, 2.75) is 18.4 Å². The van der Waals surface area contributed by atoms with Crippen LogP contribution in [-0.4, -0.2) is 55.9 Å². The van der Waals surface area contributed by atoms with E-state index in [4.69, 9.17) is 15.3 Å². The summed E-state index contributed by atoms with van der Waals surface area (Å²) in [6.45, 7) is 0. The fraction of sp³-hybridized carbons (Fsp3) is 0.300. The number of carboxylic acids is 3. The fourth-order valence-corrected chi connectivity index (χ4v) is 1.02. The molecule has 0 aliphatic carbocycles. The molecule has 0 radical (unpaired) electrons. The third-order valence-corrected chi connectivity index (χ3v) is 1.85. The van der Waals surface area contributed by atoms with Gasteiger partial charge >= 0.3 is 29.8 Å². The highest BCUT2D eigenvalue weighted by Gasteiger charge is 2.41. The lowest BCUT2D eigenvalue weighted by Gasteiger charge is -2.19. The molecule has 0 aromatic heterocycles. The van der Waals surface area contributed by atoms with Crippen LogP contribution in [0.25, 0.3) is 0 Å². The van der Waals surface area contributed by atoms with Crippen LogP contribution in [-0.2, 0) is 28.7 Å². The second kappa shape index (κ2) is 9.98. The number of aliphatic hydroxyl groups is 1. The standard InChI is InChI=1S/C10H10O10.2H3N/c11-5(12)1-2-7(15)20-8(16)4-10(19,9(17)18)3-6(13)14;;/h1-2,19H,3-4H2,(H,11,12)(H,13,14)(H,17,18);2*1H3/b2-1+;;. The van der Waals surface area contributed by atoms with Gasteiger partial charge in [-0.25, -0.2) is 14.4 Å². The topological polar surface area (TPSA) is 245 Å². The summed E-state index contributed by atoms with van der Waals surface area (Å²) in [4.78, 5) is 53.2. The van der Waals surface area contributed by atoms with Gasteiger partial charge in [0.1, 0.15) is 0 Å². The lowest BCUT2D eigenvalue weighted by atomic mass is 9.96. The van der Waals surface area contributed by atoms with E-state index >= 15 is 0 Å². The molecule has 22 heavy (non-hydrogen) atoms. The number of rotatable bonds is 7. The lowest BCUT2D eigenvalue weighted by molar-refractivity contribution is -0.173. The largest absolute Gasteiger partial charge is 0.481 e. The van der Waals surface area contributed by atoms with Crippen LogP contribution in [0.5, 0.6) is 0 Å². The highest BCUT2D eigenvalue weighted by Crippen LogP contribution is 2.17. The van der Waals surface area contributed by atoms with E-state index in [9.17, 15) is 29.1 Å². The van der Waals surface area contributed by atoms with Crippen LogP contribution < -0.4 is 12.3 Å². The number of carboxylic acid groups (broad SMARTS) is 3. The van der Waals surface area contributed by atoms with Crippen LogP contribution in [0.15, 0.2) is 12.2 Å². The summed E-state index contributed by atoms with van der Waals surface area (Å²) < 4.78 is 3.98. The molecule has 0 saturated heterocycles. The Kier molecular flexibility index (Phi) is 11.0. The van der Waals surface area contributed by atoms with Gasteiger partial charge in [0, 0.05) is 12.2 Å². The van der Waals surface area contributed by atoms with Crippen LogP contribution in [0.1, 0.15) is 12.8 Å². The first kappa shape index (κ1) is 24.2. The average Bonchev–Trinajstić information content (AvgIpc) is 2.24. The molecule has 0 bridgehead atoms. The van der Waals surface area contributed by atoms with E-state index in [1.54, 1.807) is 0 Å². The molecule has 0 saturated carbocycles. The van der Waals surface area contributed by atoms with Crippen LogP contribution >= 0.6 is 0 Å². The van der Waals surface area contributed by atoms with Gasteiger partial charge in [-0.2, -0.15) is 0 Å². The summed E-state index contributed by atoms with van der Waals surface area (Å²) in [7, 11) is 0. The quantitative estimate of drug-likeness (QED) is 0.181. The number of hydrogen-bond acceptors (Lipinski definition) is 9. The summed E-state index contributed by atoms with van der Waals surface area (Å²) in [6.07, 6.45) is -1.81. The first-order valence-electron chi connectivity index (χ1n) is 4.90. The van der Waals surface area contributed by atoms with Gasteiger partial charge in [-0.1, -0.05) is 0 Å². The number of carbonyl (C=O) groups excluding carboxylic acids is 2. The van der Waals surface area contributed by atoms with E-state index in [0.29, 0.717) is 12.2 Å². The summed E-state index contributed by atoms with van der Waals surface area (Å²) in [5.74, 6) is -8.07. The molecule has 0 spiro atoms. The van der Waals surface area contributed by atoms with Crippen LogP contribution in [0.2, 0.25) is 0 Å². The maximum Gasteiger partial charge on any atom is 0.338 e. The van der Waals surface area contributed by atoms with Gasteiger partial charge in [0.2, 0.25) is 0 Å². The number of carbonyl (C=O) groups is 5. The molecular formula is C10H16N2O10. The minimum Gasteiger partial charge on any atom is -0.481 e. The van der Waals surface area contributed by atoms with Crippen molar-refractivity contribution in [1.82, 2.24) is 12.3 Å². The molecule has 0 aliphatic heterocycles. The molecule has 12 heteroatoms. The van der Waals surface area contributed by atoms with Gasteiger partial charge < -0.3 is 37.5 Å². The molecule has 0 aromatic carbocycles. The van der Waals surface area contributed by atoms with Crippen molar-refractivity contribution in [2.75, 3.05) is 0 Å². The number of ether oxygens (including phenoxy) is 1. The van der Waals surface area contributed by atoms with E-state index in [2.05, 4.69) is 4.74 Å². The first-order chi connectivity index (χ1) is 9.06. The van der Waals surface area contributed by atoms with E-state index in [1.807, 2.05) is 0 Å². The van der Waals surface area contributed by atoms with E-state index in [-0.39, 0.29) is 12.3 Å². The minimum atomic E-state index is -2.93. The third kappa shape index (κ3) is 9.13. The van der Waals surface area contributed by atoms with Gasteiger partial charge in [-0.15, -0.1) is 0 Å². The van der Waals surface area contributed by atoms with Gasteiger partial charge in [-0.05, 0) is 0 Å². The molecule has 12 nitrogen and oxygen atoms in total. The van der Waals surface area contributed by atoms with Crippen molar-refractivity contribution >= 4 is 29.8 Å². The van der Waals surface area contributed by atoms with E-state index in [1.165, 1.54) is 0 Å². The molecular weight excluding hydrogens is 308 g/mol. The molecule has 1 unspecified atom stereocenters. The monoisotopic (exact) mass is 324 g/mol. The molecule has 0 amide bonds. The fourth-order valence-electron chi connectivity index (χ4n) is 1.02. The Bertz CT molecular complexity index is 486. The zero-order valence-corrected chi connectivity index (χ0v) is 11.2. The molecule has 0 aliphatic rings. The minimum absolute atomic E-state index is 0. The predicted molar refractivity (Wildman–Crippen MR) is 67.4 cm³/mol. The SMILES string of the molecule is N.N.O=C(O)/C=C/C(=O)OC(=O)CC(O)(CC(=O)O)C(=O)O. The molecule has 0 fully saturated rings. The highest BCUT2D eigenvalue weighted by molar-refractivity contribution is 5.97. The second-order valence-electron chi connectivity index (χ2n) is 3.55. The first-order valence-corrected chi connectivity index (χ1v) is 4.90. The van der Waals surface area contributed by atoms with Crippen molar-refractivity contribution < 1.29 is 49.1 Å². The van der Waals surface area contributed by atoms with Crippen molar-refractivity contribution in [1.29, 1.82) is 0 Å². The second-order valence-corrected chi connectivity index (χ2v) is 3.55. The Labute approximate surface area is 123 Å². The molecule has 10 N–H and O–H groups in total. The summed E-state index contributed by atoms with van der Waals surface area (Å²) in [5.41, 5.74) is -2.93. The molecule has 126 valence electrons. The number of esters is 2. The van der Waals surface area contributed by atoms with Crippen molar-refractivity contribution in [2.24, 2.45) is 0 Å². The number of aliphatic carboxylic acids is 3. The third-order valence-electron chi connectivity index (χ3n) is 1.85. The van der Waals surface area contributed by atoms with E-state index in [0.717, 1.165) is 0 Å². The molecule has 1 atom stereocenters. The van der Waals surface area contributed by atoms with E-state index < -0.39 is 48.3 Å². The van der Waals surface area contributed by atoms with Gasteiger partial charge in [0.25, 0.3) is 0 Å².